The Bertz CT molecular complexity index is 593. The van der Waals surface area contributed by atoms with E-state index in [1.54, 1.807) is 12.0 Å². The summed E-state index contributed by atoms with van der Waals surface area (Å²) in [5.41, 5.74) is 0.828. The fourth-order valence-corrected chi connectivity index (χ4v) is 3.87. The van der Waals surface area contributed by atoms with Crippen LogP contribution in [0.2, 0.25) is 0 Å². The molecule has 2 aliphatic rings. The zero-order chi connectivity index (χ0) is 17.1. The number of benzene rings is 1. The lowest BCUT2D eigenvalue weighted by atomic mass is 10.0. The molecule has 1 aliphatic carbocycles. The minimum absolute atomic E-state index is 0.0211. The summed E-state index contributed by atoms with van der Waals surface area (Å²) < 4.78 is 5.15. The van der Waals surface area contributed by atoms with Crippen LogP contribution in [-0.2, 0) is 9.59 Å². The van der Waals surface area contributed by atoms with Crippen molar-refractivity contribution in [2.45, 2.75) is 32.1 Å². The third-order valence-electron chi connectivity index (χ3n) is 5.24. The van der Waals surface area contributed by atoms with Crippen molar-refractivity contribution < 1.29 is 14.3 Å². The summed E-state index contributed by atoms with van der Waals surface area (Å²) in [6.45, 7) is 1.30. The van der Waals surface area contributed by atoms with Crippen molar-refractivity contribution in [3.8, 4) is 5.75 Å². The van der Waals surface area contributed by atoms with Gasteiger partial charge in [0.15, 0.2) is 0 Å². The van der Waals surface area contributed by atoms with E-state index in [4.69, 9.17) is 4.74 Å². The Morgan fingerprint density at radius 2 is 1.92 bits per heavy atom. The van der Waals surface area contributed by atoms with Crippen molar-refractivity contribution in [3.05, 3.63) is 24.3 Å². The molecule has 3 rings (SSSR count). The molecule has 0 radical (unpaired) electrons. The maximum Gasteiger partial charge on any atom is 0.227 e. The van der Waals surface area contributed by atoms with Gasteiger partial charge in [-0.2, -0.15) is 0 Å². The van der Waals surface area contributed by atoms with Gasteiger partial charge in [0.25, 0.3) is 0 Å². The minimum Gasteiger partial charge on any atom is -0.497 e. The first kappa shape index (κ1) is 16.8. The number of nitrogens with zero attached hydrogens (tertiary/aromatic N) is 2. The molecule has 130 valence electrons. The first-order valence-corrected chi connectivity index (χ1v) is 8.78. The van der Waals surface area contributed by atoms with Gasteiger partial charge in [-0.1, -0.05) is 12.8 Å². The molecule has 0 aromatic heterocycles. The van der Waals surface area contributed by atoms with E-state index in [0.717, 1.165) is 18.0 Å². The quantitative estimate of drug-likeness (QED) is 0.834. The van der Waals surface area contributed by atoms with E-state index in [9.17, 15) is 9.59 Å². The monoisotopic (exact) mass is 330 g/mol. The normalized spacial score (nSPS) is 21.3. The van der Waals surface area contributed by atoms with Gasteiger partial charge in [0.2, 0.25) is 11.8 Å². The lowest BCUT2D eigenvalue weighted by molar-refractivity contribution is -0.135. The molecule has 5 nitrogen and oxygen atoms in total. The highest BCUT2D eigenvalue weighted by atomic mass is 16.5. The first-order valence-electron chi connectivity index (χ1n) is 8.78. The second-order valence-corrected chi connectivity index (χ2v) is 6.97. The Balaban J connectivity index is 1.61. The summed E-state index contributed by atoms with van der Waals surface area (Å²) in [4.78, 5) is 28.6. The molecule has 1 unspecified atom stereocenters. The van der Waals surface area contributed by atoms with Crippen molar-refractivity contribution in [2.75, 3.05) is 32.1 Å². The van der Waals surface area contributed by atoms with Gasteiger partial charge in [0, 0.05) is 32.2 Å². The number of ether oxygens (including phenoxy) is 1. The second kappa shape index (κ2) is 7.24. The highest BCUT2D eigenvalue weighted by Gasteiger charge is 2.36. The Labute approximate surface area is 143 Å². The standard InChI is InChI=1S/C19H26N2O3/c1-20(12-14-5-3-4-6-14)19(23)15-11-18(22)21(13-15)16-7-9-17(24-2)10-8-16/h7-10,14-15H,3-6,11-13H2,1-2H3. The SMILES string of the molecule is COc1ccc(N2CC(C(=O)N(C)CC3CCCC3)CC2=O)cc1. The molecule has 1 atom stereocenters. The molecular formula is C19H26N2O3. The van der Waals surface area contributed by atoms with Gasteiger partial charge in [0.1, 0.15) is 5.75 Å². The van der Waals surface area contributed by atoms with Crippen molar-refractivity contribution in [1.82, 2.24) is 4.90 Å². The summed E-state index contributed by atoms with van der Waals surface area (Å²) in [6, 6.07) is 7.41. The van der Waals surface area contributed by atoms with Gasteiger partial charge >= 0.3 is 0 Å². The fourth-order valence-electron chi connectivity index (χ4n) is 3.87. The van der Waals surface area contributed by atoms with E-state index in [-0.39, 0.29) is 17.7 Å². The van der Waals surface area contributed by atoms with Crippen LogP contribution in [-0.4, -0.2) is 44.0 Å². The van der Waals surface area contributed by atoms with Crippen LogP contribution in [0, 0.1) is 11.8 Å². The number of hydrogen-bond acceptors (Lipinski definition) is 3. The Morgan fingerprint density at radius 3 is 2.54 bits per heavy atom. The molecule has 0 bridgehead atoms. The molecule has 2 amide bonds. The smallest absolute Gasteiger partial charge is 0.227 e. The number of hydrogen-bond donors (Lipinski definition) is 0. The number of methoxy groups -OCH3 is 1. The minimum atomic E-state index is -0.231. The molecule has 1 aromatic carbocycles. The topological polar surface area (TPSA) is 49.9 Å². The molecule has 0 N–H and O–H groups in total. The maximum absolute atomic E-state index is 12.7. The summed E-state index contributed by atoms with van der Waals surface area (Å²) in [5.74, 6) is 1.29. The van der Waals surface area contributed by atoms with Crippen LogP contribution in [0.5, 0.6) is 5.75 Å². The Kier molecular flexibility index (Phi) is 5.07. The molecule has 1 aliphatic heterocycles. The number of rotatable bonds is 5. The molecular weight excluding hydrogens is 304 g/mol. The molecule has 1 aromatic rings. The van der Waals surface area contributed by atoms with Crippen molar-refractivity contribution in [1.29, 1.82) is 0 Å². The highest BCUT2D eigenvalue weighted by molar-refractivity contribution is 6.00. The number of amides is 2. The summed E-state index contributed by atoms with van der Waals surface area (Å²) in [6.07, 6.45) is 5.30. The predicted octanol–water partition coefficient (Wildman–Crippen LogP) is 2.70. The number of anilines is 1. The zero-order valence-corrected chi connectivity index (χ0v) is 14.5. The maximum atomic E-state index is 12.7. The lowest BCUT2D eigenvalue weighted by Crippen LogP contribution is -2.37. The molecule has 1 heterocycles. The van der Waals surface area contributed by atoms with Gasteiger partial charge in [-0.25, -0.2) is 0 Å². The van der Waals surface area contributed by atoms with E-state index in [1.807, 2.05) is 36.2 Å². The van der Waals surface area contributed by atoms with E-state index >= 15 is 0 Å². The van der Waals surface area contributed by atoms with Crippen LogP contribution in [0.15, 0.2) is 24.3 Å². The van der Waals surface area contributed by atoms with E-state index in [0.29, 0.717) is 18.9 Å². The van der Waals surface area contributed by atoms with E-state index < -0.39 is 0 Å². The Hall–Kier alpha value is -2.04. The van der Waals surface area contributed by atoms with E-state index in [1.165, 1.54) is 25.7 Å². The fraction of sp³-hybridized carbons (Fsp3) is 0.579. The second-order valence-electron chi connectivity index (χ2n) is 6.97. The van der Waals surface area contributed by atoms with Crippen LogP contribution in [0.1, 0.15) is 32.1 Å². The van der Waals surface area contributed by atoms with Gasteiger partial charge in [-0.3, -0.25) is 9.59 Å². The molecule has 1 saturated carbocycles. The third kappa shape index (κ3) is 3.55. The molecule has 24 heavy (non-hydrogen) atoms. The molecule has 5 heteroatoms. The van der Waals surface area contributed by atoms with Crippen molar-refractivity contribution in [2.24, 2.45) is 11.8 Å². The van der Waals surface area contributed by atoms with Crippen LogP contribution in [0.25, 0.3) is 0 Å². The average molecular weight is 330 g/mol. The summed E-state index contributed by atoms with van der Waals surface area (Å²) >= 11 is 0. The Morgan fingerprint density at radius 1 is 1.25 bits per heavy atom. The predicted molar refractivity (Wildman–Crippen MR) is 93.0 cm³/mol. The molecule has 2 fully saturated rings. The van der Waals surface area contributed by atoms with Crippen LogP contribution in [0.3, 0.4) is 0 Å². The lowest BCUT2D eigenvalue weighted by Gasteiger charge is -2.24. The molecule has 1 saturated heterocycles. The van der Waals surface area contributed by atoms with Gasteiger partial charge < -0.3 is 14.5 Å². The highest BCUT2D eigenvalue weighted by Crippen LogP contribution is 2.29. The van der Waals surface area contributed by atoms with Crippen LogP contribution in [0.4, 0.5) is 5.69 Å². The summed E-state index contributed by atoms with van der Waals surface area (Å²) in [7, 11) is 3.49. The average Bonchev–Trinajstić information content (AvgIpc) is 3.24. The number of carbonyl (C=O) groups is 2. The largest absolute Gasteiger partial charge is 0.497 e. The van der Waals surface area contributed by atoms with Crippen LogP contribution < -0.4 is 9.64 Å². The van der Waals surface area contributed by atoms with E-state index in [2.05, 4.69) is 0 Å². The van der Waals surface area contributed by atoms with Gasteiger partial charge in [-0.15, -0.1) is 0 Å². The summed E-state index contributed by atoms with van der Waals surface area (Å²) in [5, 5.41) is 0. The van der Waals surface area contributed by atoms with Gasteiger partial charge in [-0.05, 0) is 43.0 Å². The zero-order valence-electron chi connectivity index (χ0n) is 14.5. The van der Waals surface area contributed by atoms with Gasteiger partial charge in [0.05, 0.1) is 13.0 Å². The number of carbonyl (C=O) groups excluding carboxylic acids is 2. The van der Waals surface area contributed by atoms with Crippen LogP contribution >= 0.6 is 0 Å². The first-order chi connectivity index (χ1) is 11.6. The third-order valence-corrected chi connectivity index (χ3v) is 5.24. The van der Waals surface area contributed by atoms with Crippen molar-refractivity contribution >= 4 is 17.5 Å². The molecule has 0 spiro atoms. The van der Waals surface area contributed by atoms with Crippen molar-refractivity contribution in [3.63, 3.8) is 0 Å².